The highest BCUT2D eigenvalue weighted by atomic mass is 35.5. The van der Waals surface area contributed by atoms with E-state index in [-0.39, 0.29) is 12.4 Å². The Labute approximate surface area is 86.5 Å². The van der Waals surface area contributed by atoms with Crippen LogP contribution < -0.4 is 5.73 Å². The summed E-state index contributed by atoms with van der Waals surface area (Å²) in [6.45, 7) is 0. The highest BCUT2D eigenvalue weighted by Crippen LogP contribution is 2.03. The Hall–Kier alpha value is -0.650. The van der Waals surface area contributed by atoms with Crippen molar-refractivity contribution in [1.82, 2.24) is 4.98 Å². The molecule has 1 atom stereocenters. The van der Waals surface area contributed by atoms with Gasteiger partial charge in [0.25, 0.3) is 0 Å². The Morgan fingerprint density at radius 3 is 3.00 bits per heavy atom. The van der Waals surface area contributed by atoms with Gasteiger partial charge < -0.3 is 10.5 Å². The van der Waals surface area contributed by atoms with Crippen LogP contribution in [0.2, 0.25) is 0 Å². The molecule has 1 aromatic rings. The van der Waals surface area contributed by atoms with Crippen molar-refractivity contribution in [3.8, 4) is 0 Å². The Kier molecular flexibility index (Phi) is 5.61. The van der Waals surface area contributed by atoms with E-state index in [0.717, 1.165) is 5.69 Å². The van der Waals surface area contributed by atoms with Crippen LogP contribution in [0.4, 0.5) is 0 Å². The Bertz CT molecular complexity index is 253. The molecule has 0 radical (unpaired) electrons. The number of hydrogen-bond acceptors (Lipinski definition) is 5. The van der Waals surface area contributed by atoms with Crippen LogP contribution in [0.15, 0.2) is 10.9 Å². The molecular formula is C7H11ClN2O2S. The summed E-state index contributed by atoms with van der Waals surface area (Å²) < 4.78 is 4.47. The van der Waals surface area contributed by atoms with Gasteiger partial charge in [0.15, 0.2) is 0 Å². The van der Waals surface area contributed by atoms with E-state index in [2.05, 4.69) is 9.72 Å². The molecule has 0 aliphatic heterocycles. The van der Waals surface area contributed by atoms with Crippen molar-refractivity contribution in [3.63, 3.8) is 0 Å². The molecule has 0 aromatic carbocycles. The van der Waals surface area contributed by atoms with Crippen molar-refractivity contribution < 1.29 is 9.53 Å². The standard InChI is InChI=1S/C7H10N2O2S.ClH/c1-11-7(10)6(8)2-5-3-12-4-9-5;/h3-4,6H,2,8H2,1H3;1H/t6-;/m0./s1. The number of halogens is 1. The summed E-state index contributed by atoms with van der Waals surface area (Å²) in [4.78, 5) is 14.9. The quantitative estimate of drug-likeness (QED) is 0.761. The maximum Gasteiger partial charge on any atom is 0.323 e. The number of esters is 1. The van der Waals surface area contributed by atoms with Crippen molar-refractivity contribution in [2.24, 2.45) is 5.73 Å². The zero-order valence-electron chi connectivity index (χ0n) is 7.10. The smallest absolute Gasteiger partial charge is 0.323 e. The lowest BCUT2D eigenvalue weighted by Crippen LogP contribution is -2.33. The first-order valence-electron chi connectivity index (χ1n) is 3.44. The van der Waals surface area contributed by atoms with E-state index in [9.17, 15) is 4.79 Å². The van der Waals surface area contributed by atoms with E-state index in [0.29, 0.717) is 6.42 Å². The fourth-order valence-corrected chi connectivity index (χ4v) is 1.37. The van der Waals surface area contributed by atoms with Crippen molar-refractivity contribution in [2.75, 3.05) is 7.11 Å². The van der Waals surface area contributed by atoms with Gasteiger partial charge >= 0.3 is 5.97 Å². The van der Waals surface area contributed by atoms with Crippen LogP contribution in [0.1, 0.15) is 5.69 Å². The average Bonchev–Trinajstić information content (AvgIpc) is 2.55. The number of thiazole rings is 1. The lowest BCUT2D eigenvalue weighted by molar-refractivity contribution is -0.142. The summed E-state index contributed by atoms with van der Waals surface area (Å²) in [5.41, 5.74) is 8.05. The van der Waals surface area contributed by atoms with Crippen LogP contribution in [-0.2, 0) is 16.0 Å². The fraction of sp³-hybridized carbons (Fsp3) is 0.429. The van der Waals surface area contributed by atoms with Gasteiger partial charge in [-0.15, -0.1) is 23.7 Å². The molecule has 0 unspecified atom stereocenters. The highest BCUT2D eigenvalue weighted by molar-refractivity contribution is 7.07. The van der Waals surface area contributed by atoms with E-state index in [1.54, 1.807) is 5.51 Å². The zero-order chi connectivity index (χ0) is 8.97. The van der Waals surface area contributed by atoms with Crippen molar-refractivity contribution >= 4 is 29.7 Å². The van der Waals surface area contributed by atoms with Crippen LogP contribution in [0.5, 0.6) is 0 Å². The number of carbonyl (C=O) groups is 1. The van der Waals surface area contributed by atoms with Gasteiger partial charge in [-0.25, -0.2) is 4.98 Å². The number of nitrogens with zero attached hydrogens (tertiary/aromatic N) is 1. The van der Waals surface area contributed by atoms with Gasteiger partial charge in [0.05, 0.1) is 18.3 Å². The largest absolute Gasteiger partial charge is 0.468 e. The van der Waals surface area contributed by atoms with Crippen LogP contribution >= 0.6 is 23.7 Å². The number of methoxy groups -OCH3 is 1. The van der Waals surface area contributed by atoms with E-state index in [1.165, 1.54) is 18.4 Å². The molecule has 1 aromatic heterocycles. The lowest BCUT2D eigenvalue weighted by atomic mass is 10.2. The molecule has 0 amide bonds. The molecule has 2 N–H and O–H groups in total. The number of hydrogen-bond donors (Lipinski definition) is 1. The molecule has 0 aliphatic carbocycles. The lowest BCUT2D eigenvalue weighted by Gasteiger charge is -2.05. The highest BCUT2D eigenvalue weighted by Gasteiger charge is 2.14. The molecule has 74 valence electrons. The second-order valence-corrected chi connectivity index (χ2v) is 3.03. The molecule has 4 nitrogen and oxygen atoms in total. The van der Waals surface area contributed by atoms with Crippen LogP contribution in [-0.4, -0.2) is 24.1 Å². The minimum absolute atomic E-state index is 0. The Morgan fingerprint density at radius 1 is 1.85 bits per heavy atom. The summed E-state index contributed by atoms with van der Waals surface area (Å²) in [5, 5.41) is 1.86. The molecular weight excluding hydrogens is 212 g/mol. The van der Waals surface area contributed by atoms with Gasteiger partial charge in [0.2, 0.25) is 0 Å². The SMILES string of the molecule is COC(=O)[C@@H](N)Cc1cscn1.Cl. The maximum atomic E-state index is 10.9. The summed E-state index contributed by atoms with van der Waals surface area (Å²) in [6, 6.07) is -0.600. The minimum Gasteiger partial charge on any atom is -0.468 e. The molecule has 1 rings (SSSR count). The summed E-state index contributed by atoms with van der Waals surface area (Å²) in [5.74, 6) is -0.400. The van der Waals surface area contributed by atoms with Crippen LogP contribution in [0.3, 0.4) is 0 Å². The predicted octanol–water partition coefficient (Wildman–Crippen LogP) is 0.608. The number of nitrogens with two attached hydrogens (primary N) is 1. The molecule has 0 fully saturated rings. The first kappa shape index (κ1) is 12.3. The van der Waals surface area contributed by atoms with E-state index >= 15 is 0 Å². The van der Waals surface area contributed by atoms with E-state index < -0.39 is 12.0 Å². The average molecular weight is 223 g/mol. The molecule has 0 bridgehead atoms. The molecule has 13 heavy (non-hydrogen) atoms. The third-order valence-corrected chi connectivity index (χ3v) is 2.05. The van der Waals surface area contributed by atoms with Crippen molar-refractivity contribution in [1.29, 1.82) is 0 Å². The van der Waals surface area contributed by atoms with Crippen LogP contribution in [0, 0.1) is 0 Å². The summed E-state index contributed by atoms with van der Waals surface area (Å²) >= 11 is 1.48. The second-order valence-electron chi connectivity index (χ2n) is 2.31. The first-order valence-corrected chi connectivity index (χ1v) is 4.39. The Morgan fingerprint density at radius 2 is 2.54 bits per heavy atom. The number of rotatable bonds is 3. The molecule has 6 heteroatoms. The maximum absolute atomic E-state index is 10.9. The minimum atomic E-state index is -0.600. The normalized spacial score (nSPS) is 11.5. The zero-order valence-corrected chi connectivity index (χ0v) is 8.73. The fourth-order valence-electron chi connectivity index (χ4n) is 0.798. The number of carbonyl (C=O) groups excluding carboxylic acids is 1. The van der Waals surface area contributed by atoms with E-state index in [1.807, 2.05) is 5.38 Å². The van der Waals surface area contributed by atoms with Gasteiger partial charge in [0, 0.05) is 11.8 Å². The monoisotopic (exact) mass is 222 g/mol. The molecule has 1 heterocycles. The Balaban J connectivity index is 0.00000144. The number of aromatic nitrogens is 1. The van der Waals surface area contributed by atoms with Crippen molar-refractivity contribution in [2.45, 2.75) is 12.5 Å². The first-order chi connectivity index (χ1) is 5.74. The van der Waals surface area contributed by atoms with Gasteiger partial charge in [-0.3, -0.25) is 4.79 Å². The predicted molar refractivity (Wildman–Crippen MR) is 53.1 cm³/mol. The third-order valence-electron chi connectivity index (χ3n) is 1.42. The summed E-state index contributed by atoms with van der Waals surface area (Å²) in [7, 11) is 1.32. The summed E-state index contributed by atoms with van der Waals surface area (Å²) in [6.07, 6.45) is 0.441. The topological polar surface area (TPSA) is 65.2 Å². The molecule has 0 saturated heterocycles. The number of ether oxygens (including phenoxy) is 1. The van der Waals surface area contributed by atoms with Gasteiger partial charge in [-0.2, -0.15) is 0 Å². The van der Waals surface area contributed by atoms with Gasteiger partial charge in [0.1, 0.15) is 6.04 Å². The van der Waals surface area contributed by atoms with Gasteiger partial charge in [-0.1, -0.05) is 0 Å². The molecule has 0 spiro atoms. The van der Waals surface area contributed by atoms with Gasteiger partial charge in [-0.05, 0) is 0 Å². The van der Waals surface area contributed by atoms with Crippen molar-refractivity contribution in [3.05, 3.63) is 16.6 Å². The molecule has 0 aliphatic rings. The second kappa shape index (κ2) is 5.90. The van der Waals surface area contributed by atoms with Crippen LogP contribution in [0.25, 0.3) is 0 Å². The van der Waals surface area contributed by atoms with E-state index in [4.69, 9.17) is 5.73 Å². The molecule has 0 saturated carbocycles. The third kappa shape index (κ3) is 3.71.